The Kier molecular flexibility index (Phi) is 5.31. The molecule has 0 aromatic rings. The number of hydrogen-bond acceptors (Lipinski definition) is 5. The Morgan fingerprint density at radius 1 is 1.32 bits per heavy atom. The third-order valence-electron chi connectivity index (χ3n) is 3.82. The Bertz CT molecular complexity index is 418. The van der Waals surface area contributed by atoms with Gasteiger partial charge in [0, 0.05) is 32.7 Å². The van der Waals surface area contributed by atoms with E-state index in [1.54, 1.807) is 14.0 Å². The van der Waals surface area contributed by atoms with Gasteiger partial charge in [0.1, 0.15) is 0 Å². The molecule has 3 N–H and O–H groups in total. The number of hydrogen-bond donors (Lipinski definition) is 2. The minimum atomic E-state index is -3.09. The molecule has 1 unspecified atom stereocenters. The lowest BCUT2D eigenvalue weighted by Gasteiger charge is -2.35. The van der Waals surface area contributed by atoms with Crippen LogP contribution >= 0.6 is 0 Å². The van der Waals surface area contributed by atoms with Gasteiger partial charge in [-0.05, 0) is 20.4 Å². The van der Waals surface area contributed by atoms with Gasteiger partial charge in [-0.15, -0.1) is 0 Å². The van der Waals surface area contributed by atoms with Crippen LogP contribution in [0.3, 0.4) is 0 Å². The molecule has 0 radical (unpaired) electrons. The molecular formula is C11H24N4O3S. The Balaban J connectivity index is 2.44. The number of nitrogens with two attached hydrogens (primary N) is 1. The van der Waals surface area contributed by atoms with E-state index in [-0.39, 0.29) is 5.91 Å². The number of nitrogens with zero attached hydrogens (tertiary/aromatic N) is 2. The lowest BCUT2D eigenvalue weighted by atomic mass is 9.97. The number of primary amides is 1. The molecule has 0 saturated carbocycles. The Labute approximate surface area is 115 Å². The highest BCUT2D eigenvalue weighted by atomic mass is 32.2. The first-order chi connectivity index (χ1) is 8.69. The van der Waals surface area contributed by atoms with E-state index in [0.29, 0.717) is 32.6 Å². The van der Waals surface area contributed by atoms with E-state index in [1.165, 1.54) is 10.6 Å². The van der Waals surface area contributed by atoms with Crippen molar-refractivity contribution in [1.82, 2.24) is 14.5 Å². The van der Waals surface area contributed by atoms with Crippen LogP contribution in [0.5, 0.6) is 0 Å². The van der Waals surface area contributed by atoms with Crippen molar-refractivity contribution in [3.05, 3.63) is 0 Å². The molecule has 1 atom stereocenters. The summed E-state index contributed by atoms with van der Waals surface area (Å²) in [6.07, 6.45) is 1.84. The van der Waals surface area contributed by atoms with Crippen LogP contribution in [0.2, 0.25) is 0 Å². The highest BCUT2D eigenvalue weighted by Gasteiger charge is 2.30. The Hall–Kier alpha value is -0.700. The SMILES string of the molecule is CNC(C)(CCN1CCN(S(C)(=O)=O)CC1)C(N)=O. The highest BCUT2D eigenvalue weighted by molar-refractivity contribution is 7.88. The van der Waals surface area contributed by atoms with E-state index in [0.717, 1.165) is 6.54 Å². The molecule has 1 aliphatic heterocycles. The summed E-state index contributed by atoms with van der Waals surface area (Å²) in [5.41, 5.74) is 4.65. The lowest BCUT2D eigenvalue weighted by molar-refractivity contribution is -0.124. The summed E-state index contributed by atoms with van der Waals surface area (Å²) in [5.74, 6) is -0.371. The van der Waals surface area contributed by atoms with Crippen molar-refractivity contribution in [2.24, 2.45) is 5.73 Å². The van der Waals surface area contributed by atoms with Crippen molar-refractivity contribution in [3.8, 4) is 0 Å². The average Bonchev–Trinajstić information content (AvgIpc) is 2.35. The summed E-state index contributed by atoms with van der Waals surface area (Å²) in [6.45, 7) is 4.88. The van der Waals surface area contributed by atoms with Gasteiger partial charge in [0.05, 0.1) is 11.8 Å². The molecule has 0 bridgehead atoms. The molecule has 7 nitrogen and oxygen atoms in total. The summed E-state index contributed by atoms with van der Waals surface area (Å²) in [5, 5.41) is 2.94. The number of nitrogens with one attached hydrogen (secondary N) is 1. The topological polar surface area (TPSA) is 95.7 Å². The zero-order valence-corrected chi connectivity index (χ0v) is 12.7. The smallest absolute Gasteiger partial charge is 0.237 e. The van der Waals surface area contributed by atoms with Crippen molar-refractivity contribution >= 4 is 15.9 Å². The number of carbonyl (C=O) groups excluding carboxylic acids is 1. The number of sulfonamides is 1. The van der Waals surface area contributed by atoms with Crippen LogP contribution in [-0.2, 0) is 14.8 Å². The summed E-state index contributed by atoms with van der Waals surface area (Å²) < 4.78 is 24.2. The lowest BCUT2D eigenvalue weighted by Crippen LogP contribution is -2.54. The minimum Gasteiger partial charge on any atom is -0.368 e. The fourth-order valence-corrected chi connectivity index (χ4v) is 2.86. The zero-order valence-electron chi connectivity index (χ0n) is 11.8. The van der Waals surface area contributed by atoms with E-state index < -0.39 is 15.6 Å². The standard InChI is InChI=1S/C11H24N4O3S/c1-11(13-2,10(12)16)4-5-14-6-8-15(9-7-14)19(3,17)18/h13H,4-9H2,1-3H3,(H2,12,16). The summed E-state index contributed by atoms with van der Waals surface area (Å²) >= 11 is 0. The number of carbonyl (C=O) groups is 1. The van der Waals surface area contributed by atoms with Crippen LogP contribution in [0.15, 0.2) is 0 Å². The molecule has 1 heterocycles. The molecule has 0 aromatic heterocycles. The molecule has 0 aliphatic carbocycles. The fraction of sp³-hybridized carbons (Fsp3) is 0.909. The summed E-state index contributed by atoms with van der Waals surface area (Å²) in [6, 6.07) is 0. The van der Waals surface area contributed by atoms with Crippen LogP contribution in [0, 0.1) is 0 Å². The first kappa shape index (κ1) is 16.4. The zero-order chi connectivity index (χ0) is 14.7. The van der Waals surface area contributed by atoms with E-state index in [1.807, 2.05) is 0 Å². The number of likely N-dealkylation sites (N-methyl/N-ethyl adjacent to an activating group) is 1. The molecule has 1 saturated heterocycles. The first-order valence-corrected chi connectivity index (χ1v) is 8.20. The number of piperazine rings is 1. The summed E-state index contributed by atoms with van der Waals surface area (Å²) in [4.78, 5) is 13.5. The van der Waals surface area contributed by atoms with E-state index >= 15 is 0 Å². The average molecular weight is 292 g/mol. The van der Waals surface area contributed by atoms with Gasteiger partial charge >= 0.3 is 0 Å². The van der Waals surface area contributed by atoms with Gasteiger partial charge in [-0.1, -0.05) is 0 Å². The predicted molar refractivity (Wildman–Crippen MR) is 74.1 cm³/mol. The van der Waals surface area contributed by atoms with Crippen molar-refractivity contribution in [2.45, 2.75) is 18.9 Å². The Morgan fingerprint density at radius 3 is 2.21 bits per heavy atom. The van der Waals surface area contributed by atoms with Crippen LogP contribution in [0.4, 0.5) is 0 Å². The molecule has 19 heavy (non-hydrogen) atoms. The van der Waals surface area contributed by atoms with Gasteiger partial charge < -0.3 is 16.0 Å². The second-order valence-corrected chi connectivity index (χ2v) is 7.18. The number of amides is 1. The molecule has 8 heteroatoms. The molecule has 0 spiro atoms. The first-order valence-electron chi connectivity index (χ1n) is 6.35. The third-order valence-corrected chi connectivity index (χ3v) is 5.13. The largest absolute Gasteiger partial charge is 0.368 e. The maximum absolute atomic E-state index is 11.4. The van der Waals surface area contributed by atoms with Gasteiger partial charge in [-0.2, -0.15) is 4.31 Å². The maximum atomic E-state index is 11.4. The predicted octanol–water partition coefficient (Wildman–Crippen LogP) is -1.58. The normalized spacial score (nSPS) is 22.1. The van der Waals surface area contributed by atoms with E-state index in [4.69, 9.17) is 5.73 Å². The fourth-order valence-electron chi connectivity index (χ4n) is 2.04. The Morgan fingerprint density at radius 2 is 1.84 bits per heavy atom. The van der Waals surface area contributed by atoms with E-state index in [9.17, 15) is 13.2 Å². The third kappa shape index (κ3) is 4.41. The quantitative estimate of drug-likeness (QED) is 0.616. The van der Waals surface area contributed by atoms with Crippen molar-refractivity contribution < 1.29 is 13.2 Å². The van der Waals surface area contributed by atoms with Crippen LogP contribution in [0.25, 0.3) is 0 Å². The van der Waals surface area contributed by atoms with E-state index in [2.05, 4.69) is 10.2 Å². The van der Waals surface area contributed by atoms with Gasteiger partial charge in [0.15, 0.2) is 0 Å². The van der Waals surface area contributed by atoms with Gasteiger partial charge in [-0.25, -0.2) is 8.42 Å². The maximum Gasteiger partial charge on any atom is 0.237 e. The van der Waals surface area contributed by atoms with Crippen LogP contribution in [-0.4, -0.2) is 75.1 Å². The van der Waals surface area contributed by atoms with Gasteiger partial charge in [-0.3, -0.25) is 4.79 Å². The minimum absolute atomic E-state index is 0.371. The van der Waals surface area contributed by atoms with Gasteiger partial charge in [0.25, 0.3) is 0 Å². The highest BCUT2D eigenvalue weighted by Crippen LogP contribution is 2.12. The number of rotatable bonds is 6. The van der Waals surface area contributed by atoms with Crippen molar-refractivity contribution in [1.29, 1.82) is 0 Å². The molecule has 1 amide bonds. The summed E-state index contributed by atoms with van der Waals surface area (Å²) in [7, 11) is -1.38. The van der Waals surface area contributed by atoms with Gasteiger partial charge in [0.2, 0.25) is 15.9 Å². The molecule has 0 aromatic carbocycles. The second kappa shape index (κ2) is 6.17. The second-order valence-electron chi connectivity index (χ2n) is 5.20. The van der Waals surface area contributed by atoms with Crippen molar-refractivity contribution in [3.63, 3.8) is 0 Å². The van der Waals surface area contributed by atoms with Crippen molar-refractivity contribution in [2.75, 3.05) is 46.0 Å². The van der Waals surface area contributed by atoms with Crippen LogP contribution < -0.4 is 11.1 Å². The molecule has 1 rings (SSSR count). The monoisotopic (exact) mass is 292 g/mol. The molecule has 1 fully saturated rings. The molecule has 1 aliphatic rings. The molecular weight excluding hydrogens is 268 g/mol. The molecule has 112 valence electrons. The van der Waals surface area contributed by atoms with Crippen LogP contribution in [0.1, 0.15) is 13.3 Å².